The summed E-state index contributed by atoms with van der Waals surface area (Å²) in [5.41, 5.74) is 2.58. The summed E-state index contributed by atoms with van der Waals surface area (Å²) in [7, 11) is 0. The molecule has 3 aromatic rings. The van der Waals surface area contributed by atoms with Crippen molar-refractivity contribution in [3.63, 3.8) is 0 Å². The number of unbranched alkanes of at least 4 members (excludes halogenated alkanes) is 1. The number of H-pyrrole nitrogens is 1. The summed E-state index contributed by atoms with van der Waals surface area (Å²) in [4.78, 5) is 11.9. The van der Waals surface area contributed by atoms with Crippen molar-refractivity contribution in [2.24, 2.45) is 0 Å². The van der Waals surface area contributed by atoms with Crippen LogP contribution in [0.15, 0.2) is 40.3 Å². The van der Waals surface area contributed by atoms with Gasteiger partial charge in [0.25, 0.3) is 0 Å². The van der Waals surface area contributed by atoms with E-state index in [-0.39, 0.29) is 5.69 Å². The average molecular weight is 378 g/mol. The third-order valence-corrected chi connectivity index (χ3v) is 5.32. The molecule has 6 nitrogen and oxygen atoms in total. The Labute approximate surface area is 155 Å². The first kappa shape index (κ1) is 17.8. The van der Waals surface area contributed by atoms with Crippen LogP contribution in [-0.2, 0) is 12.3 Å². The molecule has 8 heteroatoms. The Morgan fingerprint density at radius 1 is 1.28 bits per heavy atom. The second-order valence-electron chi connectivity index (χ2n) is 5.71. The molecule has 2 aromatic heterocycles. The maximum Gasteiger partial charge on any atom is 0.343 e. The molecule has 3 rings (SSSR count). The highest BCUT2D eigenvalue weighted by molar-refractivity contribution is 7.98. The van der Waals surface area contributed by atoms with Crippen LogP contribution in [0.3, 0.4) is 0 Å². The maximum atomic E-state index is 11.9. The highest BCUT2D eigenvalue weighted by Crippen LogP contribution is 2.29. The van der Waals surface area contributed by atoms with Crippen molar-refractivity contribution in [2.45, 2.75) is 44.1 Å². The minimum Gasteiger partial charge on any atom is -0.270 e. The van der Waals surface area contributed by atoms with E-state index < -0.39 is 0 Å². The molecule has 2 heterocycles. The zero-order chi connectivity index (χ0) is 17.8. The molecule has 0 aliphatic heterocycles. The van der Waals surface area contributed by atoms with E-state index in [1.54, 1.807) is 9.25 Å². The van der Waals surface area contributed by atoms with Gasteiger partial charge in [0.15, 0.2) is 5.16 Å². The fraction of sp³-hybridized carbons (Fsp3) is 0.353. The molecule has 0 fully saturated rings. The van der Waals surface area contributed by atoms with Crippen molar-refractivity contribution in [3.8, 4) is 5.69 Å². The number of aromatic nitrogens is 5. The summed E-state index contributed by atoms with van der Waals surface area (Å²) in [6, 6.07) is 9.79. The second kappa shape index (κ2) is 7.93. The van der Waals surface area contributed by atoms with Crippen molar-refractivity contribution < 1.29 is 0 Å². The third kappa shape index (κ3) is 3.82. The van der Waals surface area contributed by atoms with Crippen molar-refractivity contribution >= 4 is 23.4 Å². The minimum atomic E-state index is -0.168. The van der Waals surface area contributed by atoms with Gasteiger partial charge >= 0.3 is 5.69 Å². The number of nitrogens with zero attached hydrogens (tertiary/aromatic N) is 4. The maximum absolute atomic E-state index is 11.9. The van der Waals surface area contributed by atoms with Gasteiger partial charge in [0, 0.05) is 17.9 Å². The lowest BCUT2D eigenvalue weighted by molar-refractivity contribution is 0.573. The number of nitrogens with one attached hydrogen (secondary N) is 1. The molecule has 1 N–H and O–H groups in total. The topological polar surface area (TPSA) is 68.5 Å². The van der Waals surface area contributed by atoms with E-state index in [4.69, 9.17) is 11.6 Å². The average Bonchev–Trinajstić information content (AvgIpc) is 3.11. The van der Waals surface area contributed by atoms with Gasteiger partial charge in [0.1, 0.15) is 5.15 Å². The summed E-state index contributed by atoms with van der Waals surface area (Å²) in [6.45, 7) is 4.71. The van der Waals surface area contributed by atoms with Gasteiger partial charge in [-0.1, -0.05) is 54.9 Å². The van der Waals surface area contributed by atoms with Crippen LogP contribution in [0.25, 0.3) is 5.69 Å². The highest BCUT2D eigenvalue weighted by Gasteiger charge is 2.16. The SMILES string of the molecule is CCCCn1c(SCc2c(C)nn(-c3ccccc3)c2Cl)n[nH]c1=O. The molecule has 0 bridgehead atoms. The van der Waals surface area contributed by atoms with E-state index in [0.29, 0.717) is 22.6 Å². The molecule has 0 saturated heterocycles. The normalized spacial score (nSPS) is 11.2. The second-order valence-corrected chi connectivity index (χ2v) is 7.01. The van der Waals surface area contributed by atoms with Gasteiger partial charge in [-0.25, -0.2) is 14.6 Å². The molecule has 0 unspecified atom stereocenters. The third-order valence-electron chi connectivity index (χ3n) is 3.93. The van der Waals surface area contributed by atoms with Gasteiger partial charge in [0.2, 0.25) is 0 Å². The lowest BCUT2D eigenvalue weighted by Crippen LogP contribution is -2.17. The van der Waals surface area contributed by atoms with E-state index in [1.807, 2.05) is 37.3 Å². The molecule has 0 amide bonds. The predicted octanol–water partition coefficient (Wildman–Crippen LogP) is 3.81. The van der Waals surface area contributed by atoms with Crippen molar-refractivity contribution in [1.29, 1.82) is 0 Å². The van der Waals surface area contributed by atoms with Gasteiger partial charge in [-0.05, 0) is 25.5 Å². The molecular weight excluding hydrogens is 358 g/mol. The number of aromatic amines is 1. The molecule has 0 aliphatic rings. The zero-order valence-electron chi connectivity index (χ0n) is 14.2. The Morgan fingerprint density at radius 2 is 2.04 bits per heavy atom. The van der Waals surface area contributed by atoms with Crippen molar-refractivity contribution in [3.05, 3.63) is 57.2 Å². The molecule has 0 radical (unpaired) electrons. The summed E-state index contributed by atoms with van der Waals surface area (Å²) >= 11 is 8.04. The van der Waals surface area contributed by atoms with Crippen LogP contribution in [-0.4, -0.2) is 24.5 Å². The number of thioether (sulfide) groups is 1. The number of aryl methyl sites for hydroxylation is 1. The number of rotatable bonds is 7. The van der Waals surface area contributed by atoms with Crippen molar-refractivity contribution in [1.82, 2.24) is 24.5 Å². The Morgan fingerprint density at radius 3 is 2.76 bits per heavy atom. The summed E-state index contributed by atoms with van der Waals surface area (Å²) in [6.07, 6.45) is 1.97. The summed E-state index contributed by atoms with van der Waals surface area (Å²) in [5, 5.41) is 12.5. The molecule has 0 saturated carbocycles. The number of benzene rings is 1. The number of halogens is 1. The zero-order valence-corrected chi connectivity index (χ0v) is 15.8. The molecule has 0 aliphatic carbocycles. The van der Waals surface area contributed by atoms with Gasteiger partial charge < -0.3 is 0 Å². The molecule has 0 atom stereocenters. The van der Waals surface area contributed by atoms with E-state index in [9.17, 15) is 4.79 Å². The summed E-state index contributed by atoms with van der Waals surface area (Å²) < 4.78 is 3.42. The lowest BCUT2D eigenvalue weighted by atomic mass is 10.3. The van der Waals surface area contributed by atoms with Gasteiger partial charge in [-0.15, -0.1) is 5.10 Å². The Hall–Kier alpha value is -1.99. The summed E-state index contributed by atoms with van der Waals surface area (Å²) in [5.74, 6) is 0.605. The first-order valence-corrected chi connectivity index (χ1v) is 9.55. The van der Waals surface area contributed by atoms with E-state index in [0.717, 1.165) is 29.8 Å². The monoisotopic (exact) mass is 377 g/mol. The van der Waals surface area contributed by atoms with Gasteiger partial charge in [-0.2, -0.15) is 5.10 Å². The van der Waals surface area contributed by atoms with Crippen LogP contribution >= 0.6 is 23.4 Å². The standard InChI is InChI=1S/C17H20ClN5OS/c1-3-4-10-22-16(24)19-20-17(22)25-11-14-12(2)21-23(15(14)18)13-8-6-5-7-9-13/h5-9H,3-4,10-11H2,1-2H3,(H,19,24). The van der Waals surface area contributed by atoms with Crippen LogP contribution < -0.4 is 5.69 Å². The minimum absolute atomic E-state index is 0.168. The lowest BCUT2D eigenvalue weighted by Gasteiger charge is -2.05. The fourth-order valence-electron chi connectivity index (χ4n) is 2.50. The fourth-order valence-corrected chi connectivity index (χ4v) is 3.98. The van der Waals surface area contributed by atoms with Crippen LogP contribution in [0.4, 0.5) is 0 Å². The molecule has 1 aromatic carbocycles. The van der Waals surface area contributed by atoms with Crippen LogP contribution in [0.1, 0.15) is 31.0 Å². The van der Waals surface area contributed by atoms with Crippen molar-refractivity contribution in [2.75, 3.05) is 0 Å². The van der Waals surface area contributed by atoms with Crippen LogP contribution in [0.2, 0.25) is 5.15 Å². The molecular formula is C17H20ClN5OS. The molecule has 132 valence electrons. The quantitative estimate of drug-likeness (QED) is 0.635. The van der Waals surface area contributed by atoms with Gasteiger partial charge in [0.05, 0.1) is 11.4 Å². The van der Waals surface area contributed by atoms with E-state index in [2.05, 4.69) is 22.2 Å². The molecule has 0 spiro atoms. The van der Waals surface area contributed by atoms with Crippen LogP contribution in [0.5, 0.6) is 0 Å². The number of para-hydroxylation sites is 1. The first-order chi connectivity index (χ1) is 12.1. The van der Waals surface area contributed by atoms with Crippen LogP contribution in [0, 0.1) is 6.92 Å². The first-order valence-electron chi connectivity index (χ1n) is 8.19. The largest absolute Gasteiger partial charge is 0.343 e. The molecule has 25 heavy (non-hydrogen) atoms. The Kier molecular flexibility index (Phi) is 5.65. The van der Waals surface area contributed by atoms with Gasteiger partial charge in [-0.3, -0.25) is 4.57 Å². The smallest absolute Gasteiger partial charge is 0.270 e. The Bertz CT molecular complexity index is 900. The number of hydrogen-bond donors (Lipinski definition) is 1. The van der Waals surface area contributed by atoms with E-state index in [1.165, 1.54) is 11.8 Å². The highest BCUT2D eigenvalue weighted by atomic mass is 35.5. The Balaban J connectivity index is 1.81. The van der Waals surface area contributed by atoms with E-state index >= 15 is 0 Å². The predicted molar refractivity (Wildman–Crippen MR) is 101 cm³/mol. The number of hydrogen-bond acceptors (Lipinski definition) is 4.